The lowest BCUT2D eigenvalue weighted by molar-refractivity contribution is 0.297. The zero-order chi connectivity index (χ0) is 17.6. The number of rotatable bonds is 3. The molecule has 2 N–H and O–H groups in total. The van der Waals surface area contributed by atoms with Gasteiger partial charge in [0, 0.05) is 17.7 Å². The van der Waals surface area contributed by atoms with Crippen LogP contribution in [0.25, 0.3) is 0 Å². The molecule has 0 radical (unpaired) electrons. The Morgan fingerprint density at radius 2 is 1.84 bits per heavy atom. The Balaban J connectivity index is 1.66. The van der Waals surface area contributed by atoms with Crippen molar-refractivity contribution in [1.29, 1.82) is 0 Å². The summed E-state index contributed by atoms with van der Waals surface area (Å²) in [5.74, 6) is 1.53. The van der Waals surface area contributed by atoms with Crippen molar-refractivity contribution in [2.45, 2.75) is 20.3 Å². The molecule has 2 aromatic carbocycles. The van der Waals surface area contributed by atoms with E-state index < -0.39 is 0 Å². The lowest BCUT2D eigenvalue weighted by atomic mass is 10.1. The van der Waals surface area contributed by atoms with Crippen LogP contribution in [0.3, 0.4) is 0 Å². The van der Waals surface area contributed by atoms with E-state index in [1.165, 1.54) is 0 Å². The van der Waals surface area contributed by atoms with Crippen LogP contribution in [-0.2, 0) is 0 Å². The molecule has 5 nitrogen and oxygen atoms in total. The van der Waals surface area contributed by atoms with Crippen molar-refractivity contribution in [3.05, 3.63) is 53.6 Å². The summed E-state index contributed by atoms with van der Waals surface area (Å²) >= 11 is 5.31. The summed E-state index contributed by atoms with van der Waals surface area (Å²) in [5.41, 5.74) is 6.73. The fourth-order valence-corrected chi connectivity index (χ4v) is 2.61. The minimum atomic E-state index is 0.447. The Morgan fingerprint density at radius 3 is 2.64 bits per heavy atom. The van der Waals surface area contributed by atoms with Crippen molar-refractivity contribution in [1.82, 2.24) is 5.43 Å². The molecule has 6 heteroatoms. The number of fused-ring (bicyclic) bond motifs is 1. The van der Waals surface area contributed by atoms with Gasteiger partial charge in [0.1, 0.15) is 0 Å². The number of benzene rings is 2. The predicted molar refractivity (Wildman–Crippen MR) is 105 cm³/mol. The van der Waals surface area contributed by atoms with Gasteiger partial charge in [0.05, 0.1) is 18.9 Å². The maximum atomic E-state index is 5.72. The van der Waals surface area contributed by atoms with Crippen LogP contribution in [0.15, 0.2) is 47.6 Å². The van der Waals surface area contributed by atoms with Crippen LogP contribution < -0.4 is 20.2 Å². The van der Waals surface area contributed by atoms with Gasteiger partial charge in [-0.3, -0.25) is 5.43 Å². The van der Waals surface area contributed by atoms with Crippen LogP contribution in [0.1, 0.15) is 24.5 Å². The van der Waals surface area contributed by atoms with E-state index in [9.17, 15) is 0 Å². The molecule has 1 aliphatic rings. The highest BCUT2D eigenvalue weighted by molar-refractivity contribution is 7.80. The average molecular weight is 355 g/mol. The van der Waals surface area contributed by atoms with Crippen LogP contribution in [0.5, 0.6) is 11.5 Å². The topological polar surface area (TPSA) is 54.9 Å². The number of thiocarbonyl (C=S) groups is 1. The van der Waals surface area contributed by atoms with Gasteiger partial charge in [0.2, 0.25) is 0 Å². The van der Waals surface area contributed by atoms with Gasteiger partial charge in [-0.1, -0.05) is 18.2 Å². The first-order valence-corrected chi connectivity index (χ1v) is 8.61. The number of hydrazone groups is 1. The normalized spacial score (nSPS) is 13.8. The van der Waals surface area contributed by atoms with Crippen molar-refractivity contribution >= 4 is 28.7 Å². The summed E-state index contributed by atoms with van der Waals surface area (Å²) in [6, 6.07) is 13.8. The van der Waals surface area contributed by atoms with Crippen LogP contribution in [0.2, 0.25) is 0 Å². The van der Waals surface area contributed by atoms with Crippen molar-refractivity contribution in [3.8, 4) is 11.5 Å². The number of nitrogens with zero attached hydrogens (tertiary/aromatic N) is 1. The highest BCUT2D eigenvalue weighted by Crippen LogP contribution is 2.30. The fourth-order valence-electron chi connectivity index (χ4n) is 2.45. The fraction of sp³-hybridized carbons (Fsp3) is 0.263. The van der Waals surface area contributed by atoms with E-state index in [0.29, 0.717) is 18.3 Å². The largest absolute Gasteiger partial charge is 0.490 e. The Bertz CT molecular complexity index is 805. The van der Waals surface area contributed by atoms with Crippen LogP contribution in [0.4, 0.5) is 5.69 Å². The van der Waals surface area contributed by atoms with Crippen molar-refractivity contribution in [2.75, 3.05) is 18.5 Å². The Labute approximate surface area is 153 Å². The first-order chi connectivity index (χ1) is 12.1. The van der Waals surface area contributed by atoms with E-state index in [-0.39, 0.29) is 0 Å². The van der Waals surface area contributed by atoms with Crippen LogP contribution >= 0.6 is 12.2 Å². The van der Waals surface area contributed by atoms with Gasteiger partial charge in [0.25, 0.3) is 0 Å². The summed E-state index contributed by atoms with van der Waals surface area (Å²) in [6.45, 7) is 5.29. The van der Waals surface area contributed by atoms with Crippen LogP contribution in [0, 0.1) is 6.92 Å². The second-order valence-corrected chi connectivity index (χ2v) is 6.20. The van der Waals surface area contributed by atoms with Crippen molar-refractivity contribution in [2.24, 2.45) is 5.10 Å². The molecular formula is C19H21N3O2S. The number of para-hydroxylation sites is 1. The monoisotopic (exact) mass is 355 g/mol. The van der Waals surface area contributed by atoms with E-state index >= 15 is 0 Å². The summed E-state index contributed by atoms with van der Waals surface area (Å²) in [7, 11) is 0. The smallest absolute Gasteiger partial charge is 0.191 e. The van der Waals surface area contributed by atoms with Gasteiger partial charge < -0.3 is 14.8 Å². The third-order valence-electron chi connectivity index (χ3n) is 3.88. The lowest BCUT2D eigenvalue weighted by Crippen LogP contribution is -2.25. The zero-order valence-corrected chi connectivity index (χ0v) is 15.2. The van der Waals surface area contributed by atoms with Gasteiger partial charge in [-0.05, 0) is 55.9 Å². The maximum absolute atomic E-state index is 5.72. The molecule has 1 aliphatic heterocycles. The molecule has 0 bridgehead atoms. The summed E-state index contributed by atoms with van der Waals surface area (Å²) in [4.78, 5) is 0. The Hall–Kier alpha value is -2.60. The molecule has 0 saturated carbocycles. The summed E-state index contributed by atoms with van der Waals surface area (Å²) < 4.78 is 11.4. The maximum Gasteiger partial charge on any atom is 0.191 e. The molecule has 0 fully saturated rings. The molecule has 0 spiro atoms. The van der Waals surface area contributed by atoms with Gasteiger partial charge in [-0.25, -0.2) is 0 Å². The molecule has 3 rings (SSSR count). The first kappa shape index (κ1) is 17.2. The number of anilines is 1. The van der Waals surface area contributed by atoms with E-state index in [4.69, 9.17) is 21.7 Å². The van der Waals surface area contributed by atoms with Crippen molar-refractivity contribution < 1.29 is 9.47 Å². The standard InChI is InChI=1S/C19H21N3O2S/c1-13-6-3-4-7-16(13)20-19(25)22-21-14(2)15-8-9-17-18(12-15)24-11-5-10-23-17/h3-4,6-9,12H,5,10-11H2,1-2H3,(H2,20,22,25)/b21-14+. The van der Waals surface area contributed by atoms with Gasteiger partial charge in [-0.15, -0.1) is 0 Å². The van der Waals surface area contributed by atoms with E-state index in [1.54, 1.807) is 0 Å². The number of ether oxygens (including phenoxy) is 2. The molecule has 0 aliphatic carbocycles. The second-order valence-electron chi connectivity index (χ2n) is 5.79. The molecule has 0 atom stereocenters. The highest BCUT2D eigenvalue weighted by Gasteiger charge is 2.11. The molecule has 0 saturated heterocycles. The second kappa shape index (κ2) is 7.98. The first-order valence-electron chi connectivity index (χ1n) is 8.20. The lowest BCUT2D eigenvalue weighted by Gasteiger charge is -2.11. The predicted octanol–water partition coefficient (Wildman–Crippen LogP) is 3.87. The summed E-state index contributed by atoms with van der Waals surface area (Å²) in [6.07, 6.45) is 0.886. The molecule has 0 unspecified atom stereocenters. The molecule has 25 heavy (non-hydrogen) atoms. The zero-order valence-electron chi connectivity index (χ0n) is 14.3. The minimum absolute atomic E-state index is 0.447. The molecule has 2 aromatic rings. The Kier molecular flexibility index (Phi) is 5.50. The molecule has 1 heterocycles. The minimum Gasteiger partial charge on any atom is -0.490 e. The average Bonchev–Trinajstić information content (AvgIpc) is 2.86. The van der Waals surface area contributed by atoms with E-state index in [2.05, 4.69) is 15.8 Å². The highest BCUT2D eigenvalue weighted by atomic mass is 32.1. The van der Waals surface area contributed by atoms with Gasteiger partial charge >= 0.3 is 0 Å². The van der Waals surface area contributed by atoms with Crippen LogP contribution in [-0.4, -0.2) is 24.0 Å². The third-order valence-corrected chi connectivity index (χ3v) is 4.08. The number of aryl methyl sites for hydroxylation is 1. The van der Waals surface area contributed by atoms with E-state index in [0.717, 1.165) is 40.4 Å². The van der Waals surface area contributed by atoms with Gasteiger partial charge in [-0.2, -0.15) is 5.10 Å². The quantitative estimate of drug-likeness (QED) is 0.497. The van der Waals surface area contributed by atoms with Crippen molar-refractivity contribution in [3.63, 3.8) is 0 Å². The van der Waals surface area contributed by atoms with E-state index in [1.807, 2.05) is 56.3 Å². The molecule has 0 amide bonds. The summed E-state index contributed by atoms with van der Waals surface area (Å²) in [5, 5.41) is 7.95. The number of hydrogen-bond donors (Lipinski definition) is 2. The third kappa shape index (κ3) is 4.48. The Morgan fingerprint density at radius 1 is 1.08 bits per heavy atom. The molecular weight excluding hydrogens is 334 g/mol. The van der Waals surface area contributed by atoms with Gasteiger partial charge in [0.15, 0.2) is 16.6 Å². The molecule has 130 valence electrons. The number of hydrogen-bond acceptors (Lipinski definition) is 4. The SMILES string of the molecule is C/C(=N\NC(=S)Nc1ccccc1C)c1ccc2c(c1)OCCCO2. The number of nitrogens with one attached hydrogen (secondary N) is 2. The molecule has 0 aromatic heterocycles.